The van der Waals surface area contributed by atoms with Crippen LogP contribution in [0.25, 0.3) is 10.4 Å². The second-order valence-corrected chi connectivity index (χ2v) is 53.0. The minimum Gasteiger partial charge on any atom is -0.141 e. The maximum absolute atomic E-state index is 2.70. The van der Waals surface area contributed by atoms with Gasteiger partial charge < -0.3 is 0 Å². The van der Waals surface area contributed by atoms with Crippen molar-refractivity contribution in [3.05, 3.63) is 47.3 Å². The van der Waals surface area contributed by atoms with Gasteiger partial charge in [-0.2, -0.15) is 0 Å². The molecule has 2 rings (SSSR count). The van der Waals surface area contributed by atoms with E-state index in [2.05, 4.69) is 113 Å². The molecule has 138 valence electrons. The fraction of sp³-hybridized carbons (Fsp3) is 0.500. The zero-order chi connectivity index (χ0) is 19.1. The van der Waals surface area contributed by atoms with Crippen LogP contribution in [0.5, 0.6) is 0 Å². The quantitative estimate of drug-likeness (QED) is 0.433. The molecule has 0 saturated carbocycles. The van der Waals surface area contributed by atoms with Gasteiger partial charge in [-0.05, 0) is 23.7 Å². The molecule has 0 fully saturated rings. The second-order valence-electron chi connectivity index (χ2n) is 10.5. The summed E-state index contributed by atoms with van der Waals surface area (Å²) in [6.45, 7) is 23.0. The standard InChI is InChI=1S/C20H36SSi4/c1-22(2,3)25(23(4,5)6,24(7,8)9)17-19-15-16-20(21-19)18-13-11-10-12-14-18/h10-16H,17H2,1-9H3. The zero-order valence-corrected chi connectivity index (χ0v) is 22.5. The van der Waals surface area contributed by atoms with Crippen molar-refractivity contribution in [2.45, 2.75) is 65.0 Å². The van der Waals surface area contributed by atoms with Crippen molar-refractivity contribution < 1.29 is 0 Å². The SMILES string of the molecule is C[Si](C)(C)[Si](Cc1ccc(-c2ccccc2)s1)([Si](C)(C)C)[Si](C)(C)C. The van der Waals surface area contributed by atoms with Gasteiger partial charge in [-0.25, -0.2) is 0 Å². The lowest BCUT2D eigenvalue weighted by Gasteiger charge is -2.57. The Labute approximate surface area is 163 Å². The van der Waals surface area contributed by atoms with Crippen LogP contribution in [-0.2, 0) is 6.04 Å². The van der Waals surface area contributed by atoms with Crippen LogP contribution >= 0.6 is 11.3 Å². The third-order valence-corrected chi connectivity index (χ3v) is 81.1. The third-order valence-electron chi connectivity index (χ3n) is 6.00. The highest BCUT2D eigenvalue weighted by atomic mass is 32.1. The van der Waals surface area contributed by atoms with E-state index in [0.29, 0.717) is 0 Å². The molecule has 0 spiro atoms. The van der Waals surface area contributed by atoms with Crippen LogP contribution in [0.4, 0.5) is 0 Å². The molecule has 0 aliphatic carbocycles. The summed E-state index contributed by atoms with van der Waals surface area (Å²) in [6, 6.07) is 17.2. The molecule has 25 heavy (non-hydrogen) atoms. The number of thiophene rings is 1. The van der Waals surface area contributed by atoms with Gasteiger partial charge in [0.25, 0.3) is 0 Å². The summed E-state index contributed by atoms with van der Waals surface area (Å²) < 4.78 is 0. The highest BCUT2D eigenvalue weighted by Crippen LogP contribution is 2.41. The van der Waals surface area contributed by atoms with Crippen molar-refractivity contribution in [2.24, 2.45) is 0 Å². The summed E-state index contributed by atoms with van der Waals surface area (Å²) in [7, 11) is -3.57. The van der Waals surface area contributed by atoms with Gasteiger partial charge in [-0.1, -0.05) is 89.3 Å². The smallest absolute Gasteiger partial charge is 0.0430 e. The first-order valence-electron chi connectivity index (χ1n) is 9.44. The summed E-state index contributed by atoms with van der Waals surface area (Å²) in [5.74, 6) is 0. The lowest BCUT2D eigenvalue weighted by Crippen LogP contribution is -2.83. The molecule has 5 heteroatoms. The minimum atomic E-state index is -1.30. The zero-order valence-electron chi connectivity index (χ0n) is 17.7. The maximum Gasteiger partial charge on any atom is 0.0430 e. The molecule has 0 unspecified atom stereocenters. The maximum atomic E-state index is 2.70. The molecule has 0 atom stereocenters. The lowest BCUT2D eigenvalue weighted by atomic mass is 10.2. The predicted octanol–water partition coefficient (Wildman–Crippen LogP) is 7.20. The summed E-state index contributed by atoms with van der Waals surface area (Å²) in [6.07, 6.45) is 0. The van der Waals surface area contributed by atoms with Crippen molar-refractivity contribution in [1.82, 2.24) is 0 Å². The Kier molecular flexibility index (Phi) is 5.97. The van der Waals surface area contributed by atoms with Crippen LogP contribution in [0, 0.1) is 0 Å². The van der Waals surface area contributed by atoms with E-state index in [1.54, 1.807) is 4.88 Å². The molecule has 0 amide bonds. The Hall–Kier alpha value is -0.212. The van der Waals surface area contributed by atoms with E-state index in [4.69, 9.17) is 0 Å². The van der Waals surface area contributed by atoms with Gasteiger partial charge in [-0.3, -0.25) is 0 Å². The van der Waals surface area contributed by atoms with Gasteiger partial charge in [0.2, 0.25) is 0 Å². The van der Waals surface area contributed by atoms with Crippen molar-refractivity contribution in [3.8, 4) is 10.4 Å². The van der Waals surface area contributed by atoms with Gasteiger partial charge in [0, 0.05) is 39.2 Å². The molecule has 0 nitrogen and oxygen atoms in total. The van der Waals surface area contributed by atoms with E-state index < -0.39 is 29.4 Å². The highest BCUT2D eigenvalue weighted by Gasteiger charge is 2.61. The number of benzene rings is 1. The molecule has 0 radical (unpaired) electrons. The second kappa shape index (κ2) is 7.07. The molecular formula is C20H36SSi4. The van der Waals surface area contributed by atoms with E-state index in [1.807, 2.05) is 0 Å². The molecule has 0 N–H and O–H groups in total. The molecule has 0 aliphatic heterocycles. The van der Waals surface area contributed by atoms with Crippen LogP contribution in [-0.4, -0.2) is 29.4 Å². The number of hydrogen-bond acceptors (Lipinski definition) is 1. The Bertz CT molecular complexity index is 664. The molecule has 1 aromatic heterocycles. The summed E-state index contributed by atoms with van der Waals surface area (Å²) in [4.78, 5) is 3.11. The lowest BCUT2D eigenvalue weighted by molar-refractivity contribution is 1.45. The topological polar surface area (TPSA) is 0 Å². The Morgan fingerprint density at radius 3 is 1.56 bits per heavy atom. The van der Waals surface area contributed by atoms with Gasteiger partial charge in [0.15, 0.2) is 0 Å². The first-order valence-corrected chi connectivity index (χ1v) is 26.0. The van der Waals surface area contributed by atoms with Crippen molar-refractivity contribution in [3.63, 3.8) is 0 Å². The van der Waals surface area contributed by atoms with E-state index in [-0.39, 0.29) is 0 Å². The molecule has 2 aromatic rings. The van der Waals surface area contributed by atoms with Crippen molar-refractivity contribution in [1.29, 1.82) is 0 Å². The number of hydrogen-bond donors (Lipinski definition) is 0. The van der Waals surface area contributed by atoms with Crippen LogP contribution < -0.4 is 0 Å². The van der Waals surface area contributed by atoms with Crippen LogP contribution in [0.1, 0.15) is 4.88 Å². The third kappa shape index (κ3) is 4.05. The fourth-order valence-electron chi connectivity index (χ4n) is 5.66. The molecule has 1 heterocycles. The molecule has 0 aliphatic rings. The monoisotopic (exact) mass is 420 g/mol. The largest absolute Gasteiger partial charge is 0.141 e. The van der Waals surface area contributed by atoms with E-state index in [1.165, 1.54) is 16.5 Å². The van der Waals surface area contributed by atoms with Crippen LogP contribution in [0.2, 0.25) is 58.9 Å². The van der Waals surface area contributed by atoms with E-state index in [9.17, 15) is 0 Å². The average Bonchev–Trinajstić information content (AvgIpc) is 2.90. The van der Waals surface area contributed by atoms with Crippen LogP contribution in [0.15, 0.2) is 42.5 Å². The average molecular weight is 421 g/mol. The molecule has 0 saturated heterocycles. The van der Waals surface area contributed by atoms with E-state index >= 15 is 0 Å². The molecular weight excluding hydrogens is 385 g/mol. The summed E-state index contributed by atoms with van der Waals surface area (Å²) >= 11 is 2.06. The highest BCUT2D eigenvalue weighted by molar-refractivity contribution is 7.89. The fourth-order valence-corrected chi connectivity index (χ4v) is 105. The first kappa shape index (κ1) is 21.1. The van der Waals surface area contributed by atoms with Gasteiger partial charge >= 0.3 is 0 Å². The number of rotatable bonds is 6. The molecule has 1 aromatic carbocycles. The van der Waals surface area contributed by atoms with Gasteiger partial charge in [0.05, 0.1) is 0 Å². The van der Waals surface area contributed by atoms with Crippen molar-refractivity contribution >= 4 is 40.7 Å². The van der Waals surface area contributed by atoms with Gasteiger partial charge in [-0.15, -0.1) is 11.3 Å². The minimum absolute atomic E-state index is 1.19. The first-order chi connectivity index (χ1) is 11.3. The van der Waals surface area contributed by atoms with Gasteiger partial charge in [0.1, 0.15) is 0 Å². The van der Waals surface area contributed by atoms with Crippen LogP contribution in [0.3, 0.4) is 0 Å². The Morgan fingerprint density at radius 2 is 1.12 bits per heavy atom. The Balaban J connectivity index is 2.50. The summed E-state index contributed by atoms with van der Waals surface area (Å²) in [5.41, 5.74) is 1.38. The predicted molar refractivity (Wildman–Crippen MR) is 129 cm³/mol. The van der Waals surface area contributed by atoms with Crippen molar-refractivity contribution in [2.75, 3.05) is 0 Å². The van der Waals surface area contributed by atoms with E-state index in [0.717, 1.165) is 0 Å². The Morgan fingerprint density at radius 1 is 0.640 bits per heavy atom. The normalized spacial score (nSPS) is 14.0. The summed E-state index contributed by atoms with van der Waals surface area (Å²) in [5, 5.41) is 0. The molecule has 0 bridgehead atoms.